The van der Waals surface area contributed by atoms with Gasteiger partial charge in [0.25, 0.3) is 0 Å². The lowest BCUT2D eigenvalue weighted by molar-refractivity contribution is 0.464. The molecule has 0 aromatic carbocycles. The molecule has 17 heavy (non-hydrogen) atoms. The first-order valence-electron chi connectivity index (χ1n) is 5.22. The van der Waals surface area contributed by atoms with E-state index in [2.05, 4.69) is 20.9 Å². The second kappa shape index (κ2) is 4.84. The van der Waals surface area contributed by atoms with Gasteiger partial charge in [0.2, 0.25) is 10.0 Å². The molecule has 0 bridgehead atoms. The van der Waals surface area contributed by atoms with E-state index in [1.165, 1.54) is 16.6 Å². The molecule has 1 saturated heterocycles. The van der Waals surface area contributed by atoms with E-state index in [0.29, 0.717) is 23.5 Å². The summed E-state index contributed by atoms with van der Waals surface area (Å²) >= 11 is 9.06. The highest BCUT2D eigenvalue weighted by atomic mass is 79.9. The standard InChI is InChI=1S/C10H12BrClN2O2S/c1-7-2-3-14(6-7)17(15,16)9-4-8(11)5-13-10(9)12/h4-5,7H,2-3,6H2,1H3. The van der Waals surface area contributed by atoms with Crippen LogP contribution in [0.4, 0.5) is 0 Å². The number of halogens is 2. The first kappa shape index (κ1) is 13.3. The van der Waals surface area contributed by atoms with Crippen LogP contribution in [-0.2, 0) is 10.0 Å². The zero-order valence-electron chi connectivity index (χ0n) is 9.23. The van der Waals surface area contributed by atoms with Gasteiger partial charge in [-0.3, -0.25) is 0 Å². The maximum Gasteiger partial charge on any atom is 0.246 e. The smallest absolute Gasteiger partial charge is 0.242 e. The van der Waals surface area contributed by atoms with Crippen molar-refractivity contribution in [2.45, 2.75) is 18.2 Å². The Morgan fingerprint density at radius 1 is 1.59 bits per heavy atom. The summed E-state index contributed by atoms with van der Waals surface area (Å²) in [5.41, 5.74) is 0. The van der Waals surface area contributed by atoms with Crippen molar-refractivity contribution in [2.24, 2.45) is 5.92 Å². The summed E-state index contributed by atoms with van der Waals surface area (Å²) < 4.78 is 26.7. The third-order valence-electron chi connectivity index (χ3n) is 2.78. The molecular weight excluding hydrogens is 328 g/mol. The molecule has 7 heteroatoms. The first-order chi connectivity index (χ1) is 7.91. The predicted molar refractivity (Wildman–Crippen MR) is 69.5 cm³/mol. The fourth-order valence-electron chi connectivity index (χ4n) is 1.84. The molecule has 4 nitrogen and oxygen atoms in total. The third kappa shape index (κ3) is 2.65. The van der Waals surface area contributed by atoms with E-state index in [-0.39, 0.29) is 10.0 Å². The lowest BCUT2D eigenvalue weighted by atomic mass is 10.2. The highest BCUT2D eigenvalue weighted by Gasteiger charge is 2.32. The van der Waals surface area contributed by atoms with Crippen LogP contribution in [0, 0.1) is 5.92 Å². The number of hydrogen-bond donors (Lipinski definition) is 0. The molecule has 2 rings (SSSR count). The van der Waals surface area contributed by atoms with Gasteiger partial charge in [0.05, 0.1) is 0 Å². The number of nitrogens with zero attached hydrogens (tertiary/aromatic N) is 2. The van der Waals surface area contributed by atoms with Gasteiger partial charge in [-0.05, 0) is 34.3 Å². The fraction of sp³-hybridized carbons (Fsp3) is 0.500. The van der Waals surface area contributed by atoms with Gasteiger partial charge < -0.3 is 0 Å². The van der Waals surface area contributed by atoms with Gasteiger partial charge in [-0.25, -0.2) is 13.4 Å². The molecule has 1 aliphatic rings. The number of hydrogen-bond acceptors (Lipinski definition) is 3. The second-order valence-electron chi connectivity index (χ2n) is 4.20. The minimum absolute atomic E-state index is 0.0211. The molecule has 94 valence electrons. The molecule has 0 aliphatic carbocycles. The monoisotopic (exact) mass is 338 g/mol. The lowest BCUT2D eigenvalue weighted by Crippen LogP contribution is -2.29. The maximum absolute atomic E-state index is 12.3. The number of sulfonamides is 1. The highest BCUT2D eigenvalue weighted by molar-refractivity contribution is 9.10. The van der Waals surface area contributed by atoms with E-state index in [1.807, 2.05) is 6.92 Å². The molecule has 0 N–H and O–H groups in total. The minimum atomic E-state index is -3.52. The van der Waals surface area contributed by atoms with Crippen molar-refractivity contribution < 1.29 is 8.42 Å². The Labute approximate surface area is 114 Å². The Hall–Kier alpha value is -0.170. The van der Waals surface area contributed by atoms with E-state index in [4.69, 9.17) is 11.6 Å². The lowest BCUT2D eigenvalue weighted by Gasteiger charge is -2.16. The summed E-state index contributed by atoms with van der Waals surface area (Å²) in [6.45, 7) is 3.13. The Morgan fingerprint density at radius 2 is 2.29 bits per heavy atom. The van der Waals surface area contributed by atoms with Gasteiger partial charge in [0.1, 0.15) is 10.0 Å². The Bertz CT molecular complexity index is 535. The number of rotatable bonds is 2. The van der Waals surface area contributed by atoms with E-state index in [0.717, 1.165) is 6.42 Å². The van der Waals surface area contributed by atoms with E-state index < -0.39 is 10.0 Å². The van der Waals surface area contributed by atoms with Crippen LogP contribution in [0.25, 0.3) is 0 Å². The van der Waals surface area contributed by atoms with Gasteiger partial charge >= 0.3 is 0 Å². The minimum Gasteiger partial charge on any atom is -0.242 e. The first-order valence-corrected chi connectivity index (χ1v) is 7.83. The molecule has 1 atom stereocenters. The molecule has 0 spiro atoms. The van der Waals surface area contributed by atoms with Crippen molar-refractivity contribution in [3.05, 3.63) is 21.9 Å². The molecule has 0 amide bonds. The largest absolute Gasteiger partial charge is 0.246 e. The maximum atomic E-state index is 12.3. The van der Waals surface area contributed by atoms with Crippen LogP contribution in [0.1, 0.15) is 13.3 Å². The normalized spacial score (nSPS) is 21.9. The Kier molecular flexibility index (Phi) is 3.77. The van der Waals surface area contributed by atoms with Crippen LogP contribution in [-0.4, -0.2) is 30.8 Å². The Morgan fingerprint density at radius 3 is 2.88 bits per heavy atom. The van der Waals surface area contributed by atoms with E-state index in [1.54, 1.807) is 0 Å². The third-order valence-corrected chi connectivity index (χ3v) is 5.50. The summed E-state index contributed by atoms with van der Waals surface area (Å²) in [4.78, 5) is 3.92. The van der Waals surface area contributed by atoms with Crippen molar-refractivity contribution in [3.8, 4) is 0 Å². The second-order valence-corrected chi connectivity index (χ2v) is 7.38. The van der Waals surface area contributed by atoms with Gasteiger partial charge in [0.15, 0.2) is 0 Å². The molecular formula is C10H12BrClN2O2S. The van der Waals surface area contributed by atoms with Crippen molar-refractivity contribution in [2.75, 3.05) is 13.1 Å². The average Bonchev–Trinajstić information content (AvgIpc) is 2.69. The molecule has 2 heterocycles. The summed E-state index contributed by atoms with van der Waals surface area (Å²) in [7, 11) is -3.52. The van der Waals surface area contributed by atoms with Crippen LogP contribution in [0.5, 0.6) is 0 Å². The van der Waals surface area contributed by atoms with Crippen LogP contribution < -0.4 is 0 Å². The van der Waals surface area contributed by atoms with Gasteiger partial charge in [-0.15, -0.1) is 0 Å². The van der Waals surface area contributed by atoms with Crippen LogP contribution >= 0.6 is 27.5 Å². The fourth-order valence-corrected chi connectivity index (χ4v) is 4.33. The van der Waals surface area contributed by atoms with Gasteiger partial charge in [0, 0.05) is 23.8 Å². The summed E-state index contributed by atoms with van der Waals surface area (Å²) in [6.07, 6.45) is 2.37. The predicted octanol–water partition coefficient (Wildman–Crippen LogP) is 2.53. The number of aromatic nitrogens is 1. The number of pyridine rings is 1. The molecule has 1 aromatic heterocycles. The van der Waals surface area contributed by atoms with E-state index in [9.17, 15) is 8.42 Å². The Balaban J connectivity index is 2.41. The van der Waals surface area contributed by atoms with Crippen molar-refractivity contribution >= 4 is 37.6 Å². The van der Waals surface area contributed by atoms with Crippen molar-refractivity contribution in [1.82, 2.24) is 9.29 Å². The van der Waals surface area contributed by atoms with Crippen molar-refractivity contribution in [1.29, 1.82) is 0 Å². The molecule has 1 aliphatic heterocycles. The summed E-state index contributed by atoms with van der Waals surface area (Å²) in [5.74, 6) is 0.392. The highest BCUT2D eigenvalue weighted by Crippen LogP contribution is 2.29. The van der Waals surface area contributed by atoms with Crippen LogP contribution in [0.2, 0.25) is 5.15 Å². The quantitative estimate of drug-likeness (QED) is 0.778. The topological polar surface area (TPSA) is 50.3 Å². The molecule has 0 radical (unpaired) electrons. The van der Waals surface area contributed by atoms with Crippen LogP contribution in [0.3, 0.4) is 0 Å². The van der Waals surface area contributed by atoms with Gasteiger partial charge in [-0.1, -0.05) is 18.5 Å². The summed E-state index contributed by atoms with van der Waals surface area (Å²) in [5, 5.41) is 0.0211. The SMILES string of the molecule is CC1CCN(S(=O)(=O)c2cc(Br)cnc2Cl)C1. The average molecular weight is 340 g/mol. The van der Waals surface area contributed by atoms with Crippen molar-refractivity contribution in [3.63, 3.8) is 0 Å². The summed E-state index contributed by atoms with van der Waals surface area (Å²) in [6, 6.07) is 1.49. The van der Waals surface area contributed by atoms with E-state index >= 15 is 0 Å². The zero-order valence-corrected chi connectivity index (χ0v) is 12.4. The molecule has 1 unspecified atom stereocenters. The zero-order chi connectivity index (χ0) is 12.6. The van der Waals surface area contributed by atoms with Crippen LogP contribution in [0.15, 0.2) is 21.6 Å². The molecule has 0 saturated carbocycles. The molecule has 1 aromatic rings. The van der Waals surface area contributed by atoms with Gasteiger partial charge in [-0.2, -0.15) is 4.31 Å². The molecule has 1 fully saturated rings.